The Bertz CT molecular complexity index is 771. The van der Waals surface area contributed by atoms with Crippen molar-refractivity contribution in [1.82, 2.24) is 9.97 Å². The molecule has 0 saturated heterocycles. The monoisotopic (exact) mass is 316 g/mol. The average Bonchev–Trinajstić information content (AvgIpc) is 2.45. The van der Waals surface area contributed by atoms with E-state index in [0.717, 1.165) is 38.7 Å². The molecule has 0 fully saturated rings. The molecule has 0 bridgehead atoms. The summed E-state index contributed by atoms with van der Waals surface area (Å²) < 4.78 is 6.28. The highest BCUT2D eigenvalue weighted by Crippen LogP contribution is 2.30. The summed E-state index contributed by atoms with van der Waals surface area (Å²) >= 11 is 3.52. The summed E-state index contributed by atoms with van der Waals surface area (Å²) in [5.41, 5.74) is 4.69. The van der Waals surface area contributed by atoms with Crippen LogP contribution in [0.1, 0.15) is 12.5 Å². The van der Waals surface area contributed by atoms with Crippen LogP contribution in [0.25, 0.3) is 22.1 Å². The minimum atomic E-state index is 0.743. The average molecular weight is 317 g/mol. The van der Waals surface area contributed by atoms with Crippen LogP contribution >= 0.6 is 15.9 Å². The quantitative estimate of drug-likeness (QED) is 0.667. The normalized spacial score (nSPS) is 11.1. The highest BCUT2D eigenvalue weighted by atomic mass is 79.9. The lowest BCUT2D eigenvalue weighted by Crippen LogP contribution is -1.93. The first kappa shape index (κ1) is 12.4. The summed E-state index contributed by atoms with van der Waals surface area (Å²) in [7, 11) is 1.65. The van der Waals surface area contributed by atoms with E-state index in [1.807, 2.05) is 18.2 Å². The molecule has 3 rings (SSSR count). The van der Waals surface area contributed by atoms with Gasteiger partial charge in [-0.2, -0.15) is 0 Å². The third kappa shape index (κ3) is 2.06. The van der Waals surface area contributed by atoms with Gasteiger partial charge < -0.3 is 4.74 Å². The van der Waals surface area contributed by atoms with E-state index in [9.17, 15) is 0 Å². The fourth-order valence-corrected chi connectivity index (χ4v) is 2.54. The van der Waals surface area contributed by atoms with Crippen molar-refractivity contribution < 1.29 is 4.74 Å². The molecule has 1 aromatic heterocycles. The molecule has 0 aliphatic carbocycles. The Labute approximate surface area is 119 Å². The molecule has 96 valence electrons. The summed E-state index contributed by atoms with van der Waals surface area (Å²) in [6.45, 7) is 2.13. The number of nitrogens with zero attached hydrogens (tertiary/aromatic N) is 2. The summed E-state index contributed by atoms with van der Waals surface area (Å²) in [5, 5.41) is 0. The van der Waals surface area contributed by atoms with Gasteiger partial charge in [0.25, 0.3) is 0 Å². The van der Waals surface area contributed by atoms with Crippen LogP contribution in [0.5, 0.6) is 5.75 Å². The van der Waals surface area contributed by atoms with E-state index in [4.69, 9.17) is 9.72 Å². The number of benzene rings is 2. The summed E-state index contributed by atoms with van der Waals surface area (Å²) in [6.07, 6.45) is 0.995. The summed E-state index contributed by atoms with van der Waals surface area (Å²) in [6, 6.07) is 10.0. The van der Waals surface area contributed by atoms with Gasteiger partial charge in [0.1, 0.15) is 16.8 Å². The van der Waals surface area contributed by atoms with Gasteiger partial charge in [-0.3, -0.25) is 0 Å². The maximum absolute atomic E-state index is 5.35. The molecule has 1 heterocycles. The predicted molar refractivity (Wildman–Crippen MR) is 80.7 cm³/mol. The first-order valence-electron chi connectivity index (χ1n) is 6.16. The van der Waals surface area contributed by atoms with Crippen molar-refractivity contribution in [3.63, 3.8) is 0 Å². The fourth-order valence-electron chi connectivity index (χ4n) is 2.13. The number of aromatic nitrogens is 2. The van der Waals surface area contributed by atoms with Crippen LogP contribution in [0.4, 0.5) is 0 Å². The van der Waals surface area contributed by atoms with E-state index in [-0.39, 0.29) is 0 Å². The van der Waals surface area contributed by atoms with E-state index in [1.54, 1.807) is 7.11 Å². The van der Waals surface area contributed by atoms with Crippen LogP contribution in [0, 0.1) is 0 Å². The number of hydrogen-bond acceptors (Lipinski definition) is 3. The molecule has 2 aromatic carbocycles. The third-order valence-electron chi connectivity index (χ3n) is 3.20. The second kappa shape index (κ2) is 4.78. The lowest BCUT2D eigenvalue weighted by Gasteiger charge is -2.08. The van der Waals surface area contributed by atoms with E-state index < -0.39 is 0 Å². The van der Waals surface area contributed by atoms with Crippen molar-refractivity contribution in [3.05, 3.63) is 40.4 Å². The van der Waals surface area contributed by atoms with Crippen molar-refractivity contribution >= 4 is 38.0 Å². The lowest BCUT2D eigenvalue weighted by atomic mass is 10.1. The maximum Gasteiger partial charge on any atom is 0.146 e. The Morgan fingerprint density at radius 3 is 2.58 bits per heavy atom. The molecule has 19 heavy (non-hydrogen) atoms. The minimum absolute atomic E-state index is 0.743. The van der Waals surface area contributed by atoms with Crippen molar-refractivity contribution in [1.29, 1.82) is 0 Å². The zero-order valence-corrected chi connectivity index (χ0v) is 12.4. The molecule has 0 amide bonds. The molecule has 3 nitrogen and oxygen atoms in total. The number of ether oxygens (including phenoxy) is 1. The van der Waals surface area contributed by atoms with Gasteiger partial charge in [0, 0.05) is 4.47 Å². The van der Waals surface area contributed by atoms with E-state index in [1.165, 1.54) is 5.56 Å². The van der Waals surface area contributed by atoms with Crippen molar-refractivity contribution in [2.75, 3.05) is 7.11 Å². The van der Waals surface area contributed by atoms with Crippen LogP contribution in [0.3, 0.4) is 0 Å². The molecule has 0 unspecified atom stereocenters. The molecule has 3 aromatic rings. The first-order valence-corrected chi connectivity index (χ1v) is 6.95. The molecule has 0 saturated carbocycles. The van der Waals surface area contributed by atoms with Crippen molar-refractivity contribution in [2.45, 2.75) is 13.3 Å². The number of methoxy groups -OCH3 is 1. The zero-order valence-electron chi connectivity index (χ0n) is 10.8. The van der Waals surface area contributed by atoms with Gasteiger partial charge in [0.15, 0.2) is 0 Å². The van der Waals surface area contributed by atoms with E-state index >= 15 is 0 Å². The number of rotatable bonds is 2. The van der Waals surface area contributed by atoms with Gasteiger partial charge in [-0.25, -0.2) is 9.97 Å². The van der Waals surface area contributed by atoms with Gasteiger partial charge in [-0.05, 0) is 52.2 Å². The van der Waals surface area contributed by atoms with Crippen LogP contribution < -0.4 is 4.74 Å². The number of hydrogen-bond donors (Lipinski definition) is 0. The number of halogens is 1. The zero-order chi connectivity index (χ0) is 13.4. The molecular weight excluding hydrogens is 304 g/mol. The SMILES string of the molecule is CCc1ccc2nc3c(OC)ccc(Br)c3nc2c1. The van der Waals surface area contributed by atoms with Gasteiger partial charge in [0.05, 0.1) is 18.1 Å². The second-order valence-electron chi connectivity index (χ2n) is 4.35. The highest BCUT2D eigenvalue weighted by molar-refractivity contribution is 9.10. The largest absolute Gasteiger partial charge is 0.494 e. The Balaban J connectivity index is 2.40. The van der Waals surface area contributed by atoms with Crippen LogP contribution in [0.2, 0.25) is 0 Å². The molecule has 0 spiro atoms. The second-order valence-corrected chi connectivity index (χ2v) is 5.20. The standard InChI is InChI=1S/C15H13BrN2O/c1-3-9-4-6-11-12(8-9)18-14-10(16)5-7-13(19-2)15(14)17-11/h4-8H,3H2,1-2H3. The van der Waals surface area contributed by atoms with Crippen molar-refractivity contribution in [3.8, 4) is 5.75 Å². The summed E-state index contributed by atoms with van der Waals surface area (Å²) in [5.74, 6) is 0.743. The first-order chi connectivity index (χ1) is 9.22. The van der Waals surface area contributed by atoms with Gasteiger partial charge in [-0.15, -0.1) is 0 Å². The topological polar surface area (TPSA) is 35.0 Å². The Morgan fingerprint density at radius 1 is 1.05 bits per heavy atom. The summed E-state index contributed by atoms with van der Waals surface area (Å²) in [4.78, 5) is 9.37. The Hall–Kier alpha value is -1.68. The predicted octanol–water partition coefficient (Wildman–Crippen LogP) is 4.12. The van der Waals surface area contributed by atoms with Gasteiger partial charge in [-0.1, -0.05) is 13.0 Å². The third-order valence-corrected chi connectivity index (χ3v) is 3.84. The van der Waals surface area contributed by atoms with Gasteiger partial charge in [0.2, 0.25) is 0 Å². The Morgan fingerprint density at radius 2 is 1.84 bits per heavy atom. The lowest BCUT2D eigenvalue weighted by molar-refractivity contribution is 0.419. The molecule has 0 aliphatic rings. The molecule has 0 aliphatic heterocycles. The van der Waals surface area contributed by atoms with Crippen LogP contribution in [-0.4, -0.2) is 17.1 Å². The number of fused-ring (bicyclic) bond motifs is 2. The van der Waals surface area contributed by atoms with E-state index in [0.29, 0.717) is 0 Å². The minimum Gasteiger partial charge on any atom is -0.494 e. The molecule has 0 atom stereocenters. The van der Waals surface area contributed by atoms with Gasteiger partial charge >= 0.3 is 0 Å². The van der Waals surface area contributed by atoms with Crippen LogP contribution in [-0.2, 0) is 6.42 Å². The molecule has 0 N–H and O–H groups in total. The maximum atomic E-state index is 5.35. The highest BCUT2D eigenvalue weighted by Gasteiger charge is 2.10. The fraction of sp³-hybridized carbons (Fsp3) is 0.200. The molecular formula is C15H13BrN2O. The van der Waals surface area contributed by atoms with Crippen LogP contribution in [0.15, 0.2) is 34.8 Å². The molecule has 4 heteroatoms. The van der Waals surface area contributed by atoms with Crippen molar-refractivity contribution in [2.24, 2.45) is 0 Å². The van der Waals surface area contributed by atoms with E-state index in [2.05, 4.69) is 40.0 Å². The Kier molecular flexibility index (Phi) is 3.11. The number of aryl methyl sites for hydroxylation is 1. The smallest absolute Gasteiger partial charge is 0.146 e. The molecule has 0 radical (unpaired) electrons.